The van der Waals surface area contributed by atoms with E-state index in [0.717, 1.165) is 38.4 Å². The average Bonchev–Trinajstić information content (AvgIpc) is 2.66. The fourth-order valence-electron chi connectivity index (χ4n) is 3.16. The van der Waals surface area contributed by atoms with Crippen LogP contribution in [0.1, 0.15) is 51.2 Å². The number of hydrogen-bond acceptors (Lipinski definition) is 3. The summed E-state index contributed by atoms with van der Waals surface area (Å²) < 4.78 is 13.0. The van der Waals surface area contributed by atoms with Gasteiger partial charge in [0.25, 0.3) is 0 Å². The van der Waals surface area contributed by atoms with Crippen LogP contribution >= 0.6 is 0 Å². The van der Waals surface area contributed by atoms with E-state index in [1.165, 1.54) is 31.5 Å². The molecule has 1 atom stereocenters. The molecule has 146 valence electrons. The van der Waals surface area contributed by atoms with Crippen LogP contribution in [0.5, 0.6) is 0 Å². The number of piperidine rings is 1. The normalized spacial score (nSPS) is 17.9. The zero-order chi connectivity index (χ0) is 18.8. The molecule has 6 heteroatoms. The second-order valence-electron chi connectivity index (χ2n) is 6.90. The van der Waals surface area contributed by atoms with Crippen LogP contribution in [0, 0.1) is 5.82 Å². The number of aliphatic hydroxyl groups is 1. The van der Waals surface area contributed by atoms with Crippen LogP contribution < -0.4 is 10.6 Å². The fraction of sp³-hybridized carbons (Fsp3) is 0.650. The smallest absolute Gasteiger partial charge is 0.191 e. The van der Waals surface area contributed by atoms with Crippen molar-refractivity contribution in [1.29, 1.82) is 0 Å². The first-order valence-electron chi connectivity index (χ1n) is 9.83. The summed E-state index contributed by atoms with van der Waals surface area (Å²) in [6, 6.07) is 6.33. The van der Waals surface area contributed by atoms with E-state index in [0.29, 0.717) is 11.6 Å². The lowest BCUT2D eigenvalue weighted by Crippen LogP contribution is -2.48. The van der Waals surface area contributed by atoms with Crippen LogP contribution in [-0.2, 0) is 0 Å². The van der Waals surface area contributed by atoms with Crippen LogP contribution in [-0.4, -0.2) is 54.7 Å². The van der Waals surface area contributed by atoms with E-state index in [1.807, 2.05) is 6.92 Å². The highest BCUT2D eigenvalue weighted by atomic mass is 19.1. The molecule has 0 aliphatic carbocycles. The first kappa shape index (κ1) is 20.6. The van der Waals surface area contributed by atoms with Crippen LogP contribution in [0.2, 0.25) is 0 Å². The van der Waals surface area contributed by atoms with Gasteiger partial charge in [0.1, 0.15) is 5.82 Å². The number of aliphatic hydroxyl groups excluding tert-OH is 1. The Bertz CT molecular complexity index is 541. The van der Waals surface area contributed by atoms with Crippen molar-refractivity contribution in [3.05, 3.63) is 35.6 Å². The fourth-order valence-corrected chi connectivity index (χ4v) is 3.16. The molecule has 0 spiro atoms. The van der Waals surface area contributed by atoms with E-state index in [9.17, 15) is 9.50 Å². The quantitative estimate of drug-likeness (QED) is 0.490. The first-order chi connectivity index (χ1) is 12.6. The minimum absolute atomic E-state index is 0.246. The Balaban J connectivity index is 1.83. The third-order valence-corrected chi connectivity index (χ3v) is 4.78. The number of halogens is 1. The van der Waals surface area contributed by atoms with Gasteiger partial charge in [-0.1, -0.05) is 25.5 Å². The van der Waals surface area contributed by atoms with Crippen molar-refractivity contribution < 1.29 is 9.50 Å². The largest absolute Gasteiger partial charge is 0.386 e. The summed E-state index contributed by atoms with van der Waals surface area (Å²) in [5, 5.41) is 17.0. The number of rotatable bonds is 8. The lowest BCUT2D eigenvalue weighted by atomic mass is 10.0. The summed E-state index contributed by atoms with van der Waals surface area (Å²) >= 11 is 0. The third-order valence-electron chi connectivity index (χ3n) is 4.78. The van der Waals surface area contributed by atoms with Crippen molar-refractivity contribution in [2.24, 2.45) is 4.99 Å². The standard InChI is InChI=1S/C20H33FN4O/c1-3-5-12-25-13-10-18(11-14-25)24-20(22-4-2)23-15-19(26)16-6-8-17(21)9-7-16/h6-9,18-19,26H,3-5,10-15H2,1-2H3,(H2,22,23,24). The molecule has 1 aliphatic heterocycles. The van der Waals surface area contributed by atoms with E-state index in [-0.39, 0.29) is 12.4 Å². The van der Waals surface area contributed by atoms with E-state index in [2.05, 4.69) is 27.4 Å². The maximum absolute atomic E-state index is 13.0. The number of benzene rings is 1. The number of nitrogens with zero attached hydrogens (tertiary/aromatic N) is 2. The molecule has 1 fully saturated rings. The van der Waals surface area contributed by atoms with Gasteiger partial charge >= 0.3 is 0 Å². The Kier molecular flexibility index (Phi) is 8.85. The molecule has 1 saturated heterocycles. The molecule has 1 heterocycles. The molecule has 1 unspecified atom stereocenters. The molecule has 26 heavy (non-hydrogen) atoms. The van der Waals surface area contributed by atoms with Gasteiger partial charge < -0.3 is 20.6 Å². The van der Waals surface area contributed by atoms with Gasteiger partial charge in [-0.3, -0.25) is 4.99 Å². The predicted molar refractivity (Wildman–Crippen MR) is 105 cm³/mol. The molecule has 1 aliphatic rings. The second-order valence-corrected chi connectivity index (χ2v) is 6.90. The van der Waals surface area contributed by atoms with E-state index >= 15 is 0 Å². The van der Waals surface area contributed by atoms with Crippen LogP contribution in [0.15, 0.2) is 29.3 Å². The van der Waals surface area contributed by atoms with Gasteiger partial charge in [0.05, 0.1) is 12.6 Å². The second kappa shape index (κ2) is 11.1. The summed E-state index contributed by atoms with van der Waals surface area (Å²) in [7, 11) is 0. The number of likely N-dealkylation sites (tertiary alicyclic amines) is 1. The van der Waals surface area contributed by atoms with Crippen molar-refractivity contribution in [3.8, 4) is 0 Å². The Morgan fingerprint density at radius 2 is 1.96 bits per heavy atom. The molecule has 0 bridgehead atoms. The molecule has 1 aromatic carbocycles. The molecule has 5 nitrogen and oxygen atoms in total. The monoisotopic (exact) mass is 364 g/mol. The van der Waals surface area contributed by atoms with Gasteiger partial charge in [0, 0.05) is 25.7 Å². The van der Waals surface area contributed by atoms with Gasteiger partial charge in [-0.05, 0) is 50.4 Å². The summed E-state index contributed by atoms with van der Waals surface area (Å²) in [5.74, 6) is 0.436. The minimum atomic E-state index is -0.734. The number of hydrogen-bond donors (Lipinski definition) is 3. The number of aliphatic imine (C=N–C) groups is 1. The van der Waals surface area contributed by atoms with Gasteiger partial charge in [0.15, 0.2) is 5.96 Å². The Morgan fingerprint density at radius 3 is 2.58 bits per heavy atom. The lowest BCUT2D eigenvalue weighted by molar-refractivity contribution is 0.186. The maximum atomic E-state index is 13.0. The highest BCUT2D eigenvalue weighted by molar-refractivity contribution is 5.80. The molecular formula is C20H33FN4O. The van der Waals surface area contributed by atoms with Gasteiger partial charge in [-0.2, -0.15) is 0 Å². The number of unbranched alkanes of at least 4 members (excludes halogenated alkanes) is 1. The SMILES string of the molecule is CCCCN1CCC(NC(=NCC(O)c2ccc(F)cc2)NCC)CC1. The topological polar surface area (TPSA) is 59.9 Å². The number of guanidine groups is 1. The molecular weight excluding hydrogens is 331 g/mol. The molecule has 0 radical (unpaired) electrons. The molecule has 0 amide bonds. The molecule has 0 saturated carbocycles. The Hall–Kier alpha value is -1.66. The molecule has 0 aromatic heterocycles. The Morgan fingerprint density at radius 1 is 1.27 bits per heavy atom. The average molecular weight is 365 g/mol. The summed E-state index contributed by atoms with van der Waals surface area (Å²) in [6.45, 7) is 8.71. The first-order valence-corrected chi connectivity index (χ1v) is 9.83. The van der Waals surface area contributed by atoms with Crippen molar-refractivity contribution in [3.63, 3.8) is 0 Å². The zero-order valence-electron chi connectivity index (χ0n) is 16.0. The van der Waals surface area contributed by atoms with Crippen LogP contribution in [0.25, 0.3) is 0 Å². The van der Waals surface area contributed by atoms with Gasteiger partial charge in [-0.15, -0.1) is 0 Å². The zero-order valence-corrected chi connectivity index (χ0v) is 16.0. The minimum Gasteiger partial charge on any atom is -0.386 e. The van der Waals surface area contributed by atoms with Crippen LogP contribution in [0.4, 0.5) is 4.39 Å². The lowest BCUT2D eigenvalue weighted by Gasteiger charge is -2.33. The maximum Gasteiger partial charge on any atom is 0.191 e. The molecule has 2 rings (SSSR count). The van der Waals surface area contributed by atoms with E-state index < -0.39 is 6.10 Å². The summed E-state index contributed by atoms with van der Waals surface area (Å²) in [5.41, 5.74) is 0.676. The number of nitrogens with one attached hydrogen (secondary N) is 2. The predicted octanol–water partition coefficient (Wildman–Crippen LogP) is 2.68. The van der Waals surface area contributed by atoms with Gasteiger partial charge in [0.2, 0.25) is 0 Å². The van der Waals surface area contributed by atoms with E-state index in [4.69, 9.17) is 0 Å². The van der Waals surface area contributed by atoms with Crippen molar-refractivity contribution in [2.75, 3.05) is 32.7 Å². The van der Waals surface area contributed by atoms with Crippen molar-refractivity contribution in [2.45, 2.75) is 51.7 Å². The molecule has 3 N–H and O–H groups in total. The van der Waals surface area contributed by atoms with Crippen LogP contribution in [0.3, 0.4) is 0 Å². The highest BCUT2D eigenvalue weighted by Gasteiger charge is 2.19. The summed E-state index contributed by atoms with van der Waals surface area (Å²) in [6.07, 6.45) is 3.99. The Labute approximate surface area is 156 Å². The highest BCUT2D eigenvalue weighted by Crippen LogP contribution is 2.14. The van der Waals surface area contributed by atoms with E-state index in [1.54, 1.807) is 12.1 Å². The van der Waals surface area contributed by atoms with Crippen molar-refractivity contribution >= 4 is 5.96 Å². The van der Waals surface area contributed by atoms with Crippen molar-refractivity contribution in [1.82, 2.24) is 15.5 Å². The van der Waals surface area contributed by atoms with Gasteiger partial charge in [-0.25, -0.2) is 4.39 Å². The molecule has 1 aromatic rings. The summed E-state index contributed by atoms with van der Waals surface area (Å²) in [4.78, 5) is 7.04. The third kappa shape index (κ3) is 6.92.